The third-order valence-electron chi connectivity index (χ3n) is 7.32. The van der Waals surface area contributed by atoms with Crippen LogP contribution in [0.25, 0.3) is 11.1 Å². The Morgan fingerprint density at radius 3 is 2.32 bits per heavy atom. The Kier molecular flexibility index (Phi) is 6.82. The van der Waals surface area contributed by atoms with Crippen molar-refractivity contribution in [3.8, 4) is 16.9 Å². The summed E-state index contributed by atoms with van der Waals surface area (Å²) in [5.41, 5.74) is 6.70. The maximum atomic E-state index is 13.3. The van der Waals surface area contributed by atoms with Gasteiger partial charge in [0.05, 0.1) is 10.6 Å². The minimum atomic E-state index is -1.10. The molecule has 0 aliphatic carbocycles. The smallest absolute Gasteiger partial charge is 0.263 e. The largest absolute Gasteiger partial charge is 0.476 e. The molecule has 3 aromatic rings. The lowest BCUT2D eigenvalue weighted by atomic mass is 9.96. The van der Waals surface area contributed by atoms with Crippen LogP contribution in [-0.4, -0.2) is 40.5 Å². The molecule has 5 rings (SSSR count). The van der Waals surface area contributed by atoms with Gasteiger partial charge in [-0.2, -0.15) is 0 Å². The maximum Gasteiger partial charge on any atom is 0.263 e. The zero-order valence-corrected chi connectivity index (χ0v) is 21.7. The standard InChI is InChI=1S/C29H31ClN4O3/c1-29(2,37-25-12-8-19(14-24(25)30)18-6-4-3-5-7-18)28(36)33-21-15-22-10-11-23(16-21)34(22)26-13-9-20(17-32-26)27(31)35/h3-9,12-14,17,21-23H,10-11,15-16H2,1-2H3,(H2,31,35)(H,33,36). The molecule has 2 unspecified atom stereocenters. The molecule has 192 valence electrons. The quantitative estimate of drug-likeness (QED) is 0.460. The minimum Gasteiger partial charge on any atom is -0.476 e. The number of rotatable bonds is 7. The highest BCUT2D eigenvalue weighted by Gasteiger charge is 2.43. The van der Waals surface area contributed by atoms with E-state index in [1.165, 1.54) is 6.20 Å². The molecular weight excluding hydrogens is 488 g/mol. The van der Waals surface area contributed by atoms with E-state index in [0.717, 1.165) is 42.6 Å². The first-order valence-corrected chi connectivity index (χ1v) is 13.0. The number of amides is 2. The van der Waals surface area contributed by atoms with E-state index in [1.807, 2.05) is 54.6 Å². The molecule has 8 heteroatoms. The molecule has 2 aliphatic heterocycles. The van der Waals surface area contributed by atoms with Crippen LogP contribution in [0.3, 0.4) is 0 Å². The number of pyridine rings is 1. The van der Waals surface area contributed by atoms with Crippen molar-refractivity contribution < 1.29 is 14.3 Å². The Morgan fingerprint density at radius 2 is 1.73 bits per heavy atom. The molecule has 0 radical (unpaired) electrons. The molecule has 0 saturated carbocycles. The number of piperidine rings is 1. The van der Waals surface area contributed by atoms with Gasteiger partial charge in [-0.25, -0.2) is 4.98 Å². The van der Waals surface area contributed by atoms with Crippen molar-refractivity contribution in [2.24, 2.45) is 5.73 Å². The molecular formula is C29H31ClN4O3. The molecule has 2 aliphatic rings. The van der Waals surface area contributed by atoms with Crippen LogP contribution in [0.2, 0.25) is 5.02 Å². The number of hydrogen-bond donors (Lipinski definition) is 2. The predicted molar refractivity (Wildman–Crippen MR) is 145 cm³/mol. The molecule has 2 bridgehead atoms. The number of aromatic nitrogens is 1. The molecule has 2 saturated heterocycles. The summed E-state index contributed by atoms with van der Waals surface area (Å²) in [6.45, 7) is 3.52. The second-order valence-corrected chi connectivity index (χ2v) is 10.7. The molecule has 3 N–H and O–H groups in total. The Morgan fingerprint density at radius 1 is 1.03 bits per heavy atom. The lowest BCUT2D eigenvalue weighted by Crippen LogP contribution is -2.55. The van der Waals surface area contributed by atoms with Gasteiger partial charge in [0, 0.05) is 24.3 Å². The first-order valence-electron chi connectivity index (χ1n) is 12.6. The van der Waals surface area contributed by atoms with Gasteiger partial charge in [0.1, 0.15) is 11.6 Å². The average Bonchev–Trinajstić information content (AvgIpc) is 3.15. The van der Waals surface area contributed by atoms with Gasteiger partial charge in [0.25, 0.3) is 5.91 Å². The number of primary amides is 1. The fraction of sp³-hybridized carbons (Fsp3) is 0.345. The molecule has 37 heavy (non-hydrogen) atoms. The van der Waals surface area contributed by atoms with Crippen molar-refractivity contribution in [2.45, 2.75) is 63.3 Å². The summed E-state index contributed by atoms with van der Waals surface area (Å²) in [5, 5.41) is 3.68. The lowest BCUT2D eigenvalue weighted by molar-refractivity contribution is -0.135. The van der Waals surface area contributed by atoms with E-state index < -0.39 is 11.5 Å². The number of nitrogens with one attached hydrogen (secondary N) is 1. The zero-order valence-electron chi connectivity index (χ0n) is 21.0. The molecule has 2 atom stereocenters. The van der Waals surface area contributed by atoms with Gasteiger partial charge in [-0.05, 0) is 74.9 Å². The van der Waals surface area contributed by atoms with Crippen LogP contribution in [0.5, 0.6) is 5.75 Å². The summed E-state index contributed by atoms with van der Waals surface area (Å²) in [6, 6.07) is 19.8. The summed E-state index contributed by atoms with van der Waals surface area (Å²) in [4.78, 5) is 31.4. The van der Waals surface area contributed by atoms with E-state index in [0.29, 0.717) is 16.3 Å². The number of fused-ring (bicyclic) bond motifs is 2. The highest BCUT2D eigenvalue weighted by atomic mass is 35.5. The van der Waals surface area contributed by atoms with Crippen LogP contribution in [-0.2, 0) is 4.79 Å². The highest BCUT2D eigenvalue weighted by molar-refractivity contribution is 6.32. The van der Waals surface area contributed by atoms with Gasteiger partial charge in [0.15, 0.2) is 5.60 Å². The summed E-state index contributed by atoms with van der Waals surface area (Å²) in [7, 11) is 0. The van der Waals surface area contributed by atoms with Gasteiger partial charge in [-0.1, -0.05) is 48.0 Å². The van der Waals surface area contributed by atoms with Gasteiger partial charge in [-0.3, -0.25) is 9.59 Å². The second-order valence-electron chi connectivity index (χ2n) is 10.3. The van der Waals surface area contributed by atoms with Crippen LogP contribution in [0.1, 0.15) is 49.9 Å². The SMILES string of the molecule is CC(C)(Oc1ccc(-c2ccccc2)cc1Cl)C(=O)NC1CC2CCC(C1)N2c1ccc(C(N)=O)cn1. The van der Waals surface area contributed by atoms with E-state index in [1.54, 1.807) is 19.9 Å². The van der Waals surface area contributed by atoms with Gasteiger partial charge in [-0.15, -0.1) is 0 Å². The first-order chi connectivity index (χ1) is 17.7. The summed E-state index contributed by atoms with van der Waals surface area (Å²) in [6.07, 6.45) is 5.26. The van der Waals surface area contributed by atoms with E-state index in [-0.39, 0.29) is 24.0 Å². The molecule has 0 spiro atoms. The van der Waals surface area contributed by atoms with Crippen molar-refractivity contribution in [1.82, 2.24) is 10.3 Å². The minimum absolute atomic E-state index is 0.0462. The van der Waals surface area contributed by atoms with Gasteiger partial charge in [0.2, 0.25) is 5.91 Å². The van der Waals surface area contributed by atoms with Crippen LogP contribution in [0.4, 0.5) is 5.82 Å². The van der Waals surface area contributed by atoms with Crippen LogP contribution >= 0.6 is 11.6 Å². The van der Waals surface area contributed by atoms with Gasteiger partial charge < -0.3 is 20.7 Å². The Balaban J connectivity index is 1.22. The average molecular weight is 519 g/mol. The maximum absolute atomic E-state index is 13.3. The predicted octanol–water partition coefficient (Wildman–Crippen LogP) is 4.97. The molecule has 1 aromatic heterocycles. The summed E-state index contributed by atoms with van der Waals surface area (Å²) in [5.74, 6) is 0.667. The fourth-order valence-corrected chi connectivity index (χ4v) is 5.65. The number of carbonyl (C=O) groups is 2. The third-order valence-corrected chi connectivity index (χ3v) is 7.61. The first kappa shape index (κ1) is 25.1. The van der Waals surface area contributed by atoms with E-state index in [4.69, 9.17) is 22.1 Å². The van der Waals surface area contributed by atoms with Crippen molar-refractivity contribution in [3.63, 3.8) is 0 Å². The number of ether oxygens (including phenoxy) is 1. The van der Waals surface area contributed by atoms with Crippen LogP contribution in [0, 0.1) is 0 Å². The number of nitrogens with two attached hydrogens (primary N) is 1. The third kappa shape index (κ3) is 5.27. The summed E-state index contributed by atoms with van der Waals surface area (Å²) < 4.78 is 6.11. The number of anilines is 1. The monoisotopic (exact) mass is 518 g/mol. The van der Waals surface area contributed by atoms with E-state index in [9.17, 15) is 9.59 Å². The van der Waals surface area contributed by atoms with Crippen molar-refractivity contribution >= 4 is 29.2 Å². The Labute approximate surface area is 222 Å². The summed E-state index contributed by atoms with van der Waals surface area (Å²) >= 11 is 6.54. The molecule has 7 nitrogen and oxygen atoms in total. The number of nitrogens with zero attached hydrogens (tertiary/aromatic N) is 2. The second kappa shape index (κ2) is 10.1. The van der Waals surface area contributed by atoms with Crippen LogP contribution in [0.15, 0.2) is 66.9 Å². The lowest BCUT2D eigenvalue weighted by Gasteiger charge is -2.40. The Hall–Kier alpha value is -3.58. The number of halogens is 1. The number of benzene rings is 2. The Bertz CT molecular complexity index is 1280. The van der Waals surface area contributed by atoms with E-state index >= 15 is 0 Å². The highest BCUT2D eigenvalue weighted by Crippen LogP contribution is 2.39. The van der Waals surface area contributed by atoms with Crippen molar-refractivity contribution in [3.05, 3.63) is 77.4 Å². The molecule has 2 amide bonds. The zero-order chi connectivity index (χ0) is 26.2. The van der Waals surface area contributed by atoms with E-state index in [2.05, 4.69) is 15.2 Å². The molecule has 2 aromatic carbocycles. The number of carbonyl (C=O) groups excluding carboxylic acids is 2. The van der Waals surface area contributed by atoms with Crippen LogP contribution < -0.4 is 20.7 Å². The van der Waals surface area contributed by atoms with Crippen molar-refractivity contribution in [2.75, 3.05) is 4.90 Å². The topological polar surface area (TPSA) is 97.5 Å². The van der Waals surface area contributed by atoms with Gasteiger partial charge >= 0.3 is 0 Å². The molecule has 2 fully saturated rings. The molecule has 3 heterocycles. The van der Waals surface area contributed by atoms with Crippen molar-refractivity contribution in [1.29, 1.82) is 0 Å². The number of hydrogen-bond acceptors (Lipinski definition) is 5. The fourth-order valence-electron chi connectivity index (χ4n) is 5.43. The normalized spacial score (nSPS) is 20.9.